The van der Waals surface area contributed by atoms with E-state index in [0.717, 1.165) is 35.5 Å². The Morgan fingerprint density at radius 3 is 2.34 bits per heavy atom. The Balaban J connectivity index is 1.47. The minimum absolute atomic E-state index is 0.0685. The molecule has 1 fully saturated rings. The van der Waals surface area contributed by atoms with Crippen molar-refractivity contribution in [2.45, 2.75) is 38.5 Å². The smallest absolute Gasteiger partial charge is 0.321 e. The number of benzene rings is 2. The molecule has 1 aliphatic heterocycles. The summed E-state index contributed by atoms with van der Waals surface area (Å²) in [4.78, 5) is 26.5. The third kappa shape index (κ3) is 6.08. The van der Waals surface area contributed by atoms with Crippen LogP contribution in [0, 0.1) is 20.8 Å². The number of rotatable bonds is 8. The van der Waals surface area contributed by atoms with Gasteiger partial charge in [-0.25, -0.2) is 8.42 Å². The Labute approximate surface area is 189 Å². The molecule has 0 bridgehead atoms. The highest BCUT2D eigenvalue weighted by atomic mass is 32.2. The first kappa shape index (κ1) is 23.7. The number of aryl methyl sites for hydroxylation is 3. The molecular formula is C23H29N3O5S. The molecule has 0 spiro atoms. The second-order valence-corrected chi connectivity index (χ2v) is 9.74. The number of hydrogen-bond donors (Lipinski definition) is 2. The van der Waals surface area contributed by atoms with Crippen LogP contribution in [-0.4, -0.2) is 46.5 Å². The van der Waals surface area contributed by atoms with Crippen LogP contribution >= 0.6 is 0 Å². The van der Waals surface area contributed by atoms with Crippen molar-refractivity contribution in [3.8, 4) is 0 Å². The highest BCUT2D eigenvalue weighted by Gasteiger charge is 2.18. The largest absolute Gasteiger partial charge is 0.455 e. The van der Waals surface area contributed by atoms with Crippen LogP contribution in [0.4, 0.5) is 11.4 Å². The maximum absolute atomic E-state index is 12.3. The van der Waals surface area contributed by atoms with E-state index >= 15 is 0 Å². The van der Waals surface area contributed by atoms with Crippen LogP contribution in [0.5, 0.6) is 0 Å². The fraction of sp³-hybridized carbons (Fsp3) is 0.391. The summed E-state index contributed by atoms with van der Waals surface area (Å²) in [5, 5.41) is 2.72. The third-order valence-corrected chi connectivity index (χ3v) is 6.91. The van der Waals surface area contributed by atoms with Crippen LogP contribution in [0.15, 0.2) is 41.3 Å². The first-order chi connectivity index (χ1) is 15.2. The summed E-state index contributed by atoms with van der Waals surface area (Å²) in [6.07, 6.45) is 2.37. The number of hydrogen-bond acceptors (Lipinski definition) is 6. The van der Waals surface area contributed by atoms with Gasteiger partial charge in [-0.1, -0.05) is 6.07 Å². The van der Waals surface area contributed by atoms with Gasteiger partial charge in [0.1, 0.15) is 6.54 Å². The van der Waals surface area contributed by atoms with Crippen molar-refractivity contribution in [1.82, 2.24) is 4.72 Å². The standard InChI is InChI=1S/C23H29N3O5S/c1-16-6-8-20(13-17(16)2)32(29,30)24-14-23(28)31-15-22(27)25-21-9-7-19(12-18(21)3)26-10-4-5-11-26/h6-9,12-13,24H,4-5,10-11,14-15H2,1-3H3,(H,25,27). The lowest BCUT2D eigenvalue weighted by Gasteiger charge is -2.19. The van der Waals surface area contributed by atoms with E-state index in [2.05, 4.69) is 14.9 Å². The van der Waals surface area contributed by atoms with Crippen LogP contribution in [0.25, 0.3) is 0 Å². The second kappa shape index (κ2) is 10.1. The lowest BCUT2D eigenvalue weighted by molar-refractivity contribution is -0.146. The Bertz CT molecular complexity index is 1110. The Kier molecular flexibility index (Phi) is 7.52. The summed E-state index contributed by atoms with van der Waals surface area (Å²) < 4.78 is 31.8. The summed E-state index contributed by atoms with van der Waals surface area (Å²) in [5.74, 6) is -1.33. The monoisotopic (exact) mass is 459 g/mol. The molecule has 0 radical (unpaired) electrons. The maximum Gasteiger partial charge on any atom is 0.321 e. The van der Waals surface area contributed by atoms with Crippen LogP contribution in [0.1, 0.15) is 29.5 Å². The van der Waals surface area contributed by atoms with Gasteiger partial charge < -0.3 is 15.0 Å². The van der Waals surface area contributed by atoms with E-state index in [-0.39, 0.29) is 4.90 Å². The zero-order valence-electron chi connectivity index (χ0n) is 18.6. The molecule has 0 aromatic heterocycles. The molecule has 8 nitrogen and oxygen atoms in total. The number of nitrogens with one attached hydrogen (secondary N) is 2. The van der Waals surface area contributed by atoms with Gasteiger partial charge in [0, 0.05) is 24.5 Å². The number of nitrogens with zero attached hydrogens (tertiary/aromatic N) is 1. The fourth-order valence-electron chi connectivity index (χ4n) is 3.46. The topological polar surface area (TPSA) is 105 Å². The first-order valence-electron chi connectivity index (χ1n) is 10.5. The van der Waals surface area contributed by atoms with Crippen LogP contribution in [0.3, 0.4) is 0 Å². The van der Waals surface area contributed by atoms with Crippen LogP contribution < -0.4 is 14.9 Å². The number of ether oxygens (including phenoxy) is 1. The summed E-state index contributed by atoms with van der Waals surface area (Å²) in [7, 11) is -3.85. The molecule has 2 aromatic rings. The highest BCUT2D eigenvalue weighted by Crippen LogP contribution is 2.25. The van der Waals surface area contributed by atoms with E-state index in [9.17, 15) is 18.0 Å². The minimum atomic E-state index is -3.85. The summed E-state index contributed by atoms with van der Waals surface area (Å²) >= 11 is 0. The lowest BCUT2D eigenvalue weighted by atomic mass is 10.1. The molecule has 0 atom stereocenters. The highest BCUT2D eigenvalue weighted by molar-refractivity contribution is 7.89. The van der Waals surface area contributed by atoms with E-state index in [0.29, 0.717) is 5.69 Å². The Morgan fingerprint density at radius 1 is 0.969 bits per heavy atom. The van der Waals surface area contributed by atoms with Gasteiger partial charge in [-0.3, -0.25) is 9.59 Å². The van der Waals surface area contributed by atoms with Gasteiger partial charge >= 0.3 is 5.97 Å². The number of anilines is 2. The van der Waals surface area contributed by atoms with Gasteiger partial charge in [0.05, 0.1) is 4.90 Å². The molecule has 9 heteroatoms. The molecule has 172 valence electrons. The molecule has 1 heterocycles. The molecule has 0 aliphatic carbocycles. The Morgan fingerprint density at radius 2 is 1.69 bits per heavy atom. The van der Waals surface area contributed by atoms with E-state index in [4.69, 9.17) is 4.74 Å². The van der Waals surface area contributed by atoms with Crippen molar-refractivity contribution in [2.24, 2.45) is 0 Å². The number of carbonyl (C=O) groups is 2. The molecule has 0 unspecified atom stereocenters. The van der Waals surface area contributed by atoms with Crippen molar-refractivity contribution in [3.63, 3.8) is 0 Å². The molecule has 1 amide bonds. The molecule has 0 saturated carbocycles. The third-order valence-electron chi connectivity index (χ3n) is 5.51. The van der Waals surface area contributed by atoms with Crippen molar-refractivity contribution in [3.05, 3.63) is 53.1 Å². The molecule has 1 saturated heterocycles. The van der Waals surface area contributed by atoms with Crippen molar-refractivity contribution in [1.29, 1.82) is 0 Å². The van der Waals surface area contributed by atoms with Gasteiger partial charge in [-0.2, -0.15) is 4.72 Å². The summed E-state index contributed by atoms with van der Waals surface area (Å²) in [5.41, 5.74) is 4.48. The molecule has 2 N–H and O–H groups in total. The number of amides is 1. The SMILES string of the molecule is Cc1ccc(S(=O)(=O)NCC(=O)OCC(=O)Nc2ccc(N3CCCC3)cc2C)cc1C. The van der Waals surface area contributed by atoms with E-state index < -0.39 is 35.1 Å². The van der Waals surface area contributed by atoms with Gasteiger partial charge in [-0.05, 0) is 80.6 Å². The van der Waals surface area contributed by atoms with E-state index in [1.54, 1.807) is 6.07 Å². The fourth-order valence-corrected chi connectivity index (χ4v) is 4.52. The van der Waals surface area contributed by atoms with Gasteiger partial charge in [0.15, 0.2) is 6.61 Å². The summed E-state index contributed by atoms with van der Waals surface area (Å²) in [6, 6.07) is 10.5. The second-order valence-electron chi connectivity index (χ2n) is 7.97. The van der Waals surface area contributed by atoms with Gasteiger partial charge in [0.25, 0.3) is 5.91 Å². The molecule has 1 aliphatic rings. The van der Waals surface area contributed by atoms with Gasteiger partial charge in [0.2, 0.25) is 10.0 Å². The average molecular weight is 460 g/mol. The predicted molar refractivity (Wildman–Crippen MR) is 123 cm³/mol. The predicted octanol–water partition coefficient (Wildman–Crippen LogP) is 2.67. The number of esters is 1. The van der Waals surface area contributed by atoms with E-state index in [1.165, 1.54) is 25.0 Å². The normalized spacial score (nSPS) is 13.8. The lowest BCUT2D eigenvalue weighted by Crippen LogP contribution is -2.32. The van der Waals surface area contributed by atoms with E-state index in [1.807, 2.05) is 39.0 Å². The minimum Gasteiger partial charge on any atom is -0.455 e. The van der Waals surface area contributed by atoms with Gasteiger partial charge in [-0.15, -0.1) is 0 Å². The number of sulfonamides is 1. The molecule has 2 aromatic carbocycles. The van der Waals surface area contributed by atoms with Crippen molar-refractivity contribution >= 4 is 33.3 Å². The Hall–Kier alpha value is -2.91. The quantitative estimate of drug-likeness (QED) is 0.588. The van der Waals surface area contributed by atoms with Crippen molar-refractivity contribution in [2.75, 3.05) is 36.5 Å². The summed E-state index contributed by atoms with van der Waals surface area (Å²) in [6.45, 7) is 6.60. The first-order valence-corrected chi connectivity index (χ1v) is 12.0. The average Bonchev–Trinajstić information content (AvgIpc) is 3.29. The zero-order chi connectivity index (χ0) is 23.3. The molecule has 3 rings (SSSR count). The maximum atomic E-state index is 12.3. The van der Waals surface area contributed by atoms with Crippen LogP contribution in [-0.2, 0) is 24.3 Å². The van der Waals surface area contributed by atoms with Crippen molar-refractivity contribution < 1.29 is 22.7 Å². The van der Waals surface area contributed by atoms with Crippen LogP contribution in [0.2, 0.25) is 0 Å². The molecular weight excluding hydrogens is 430 g/mol. The molecule has 32 heavy (non-hydrogen) atoms. The zero-order valence-corrected chi connectivity index (χ0v) is 19.4. The number of carbonyl (C=O) groups excluding carboxylic acids is 2.